The minimum Gasteiger partial charge on any atom is -0.497 e. The highest BCUT2D eigenvalue weighted by molar-refractivity contribution is 7.99. The monoisotopic (exact) mass is 360 g/mol. The molecule has 3 rings (SSSR count). The van der Waals surface area contributed by atoms with E-state index in [1.807, 2.05) is 44.2 Å². The van der Waals surface area contributed by atoms with Gasteiger partial charge >= 0.3 is 0 Å². The normalized spacial score (nSPS) is 10.8. The lowest BCUT2D eigenvalue weighted by Gasteiger charge is -2.07. The number of nitrogen functional groups attached to an aromatic ring is 1. The van der Waals surface area contributed by atoms with Gasteiger partial charge in [-0.05, 0) is 44.2 Å². The number of hydrogen-bond donors (Lipinski definition) is 1. The summed E-state index contributed by atoms with van der Waals surface area (Å²) in [6, 6.07) is 9.43. The van der Waals surface area contributed by atoms with Crippen molar-refractivity contribution in [3.05, 3.63) is 41.7 Å². The lowest BCUT2D eigenvalue weighted by molar-refractivity contribution is 0.342. The first kappa shape index (κ1) is 17.2. The molecule has 8 nitrogen and oxygen atoms in total. The third kappa shape index (κ3) is 3.87. The van der Waals surface area contributed by atoms with Crippen LogP contribution in [0.25, 0.3) is 5.95 Å². The minimum atomic E-state index is 0.490. The highest BCUT2D eigenvalue weighted by atomic mass is 32.2. The maximum absolute atomic E-state index is 6.09. The Labute approximate surface area is 149 Å². The van der Waals surface area contributed by atoms with Crippen molar-refractivity contribution < 1.29 is 9.47 Å². The molecule has 9 heteroatoms. The lowest BCUT2D eigenvalue weighted by atomic mass is 10.3. The molecule has 2 heterocycles. The van der Waals surface area contributed by atoms with Crippen molar-refractivity contribution in [2.24, 2.45) is 0 Å². The van der Waals surface area contributed by atoms with Gasteiger partial charge in [-0.1, -0.05) is 11.8 Å². The van der Waals surface area contributed by atoms with E-state index in [1.165, 1.54) is 16.4 Å². The van der Waals surface area contributed by atoms with E-state index in [-0.39, 0.29) is 0 Å². The second-order valence-electron chi connectivity index (χ2n) is 5.36. The molecular formula is C16H20N6O2S. The zero-order valence-corrected chi connectivity index (χ0v) is 15.2. The molecule has 25 heavy (non-hydrogen) atoms. The second kappa shape index (κ2) is 7.47. The maximum atomic E-state index is 6.09. The van der Waals surface area contributed by atoms with Crippen LogP contribution in [0.15, 0.2) is 35.5 Å². The van der Waals surface area contributed by atoms with Crippen LogP contribution in [0.3, 0.4) is 0 Å². The minimum absolute atomic E-state index is 0.490. The van der Waals surface area contributed by atoms with Gasteiger partial charge in [-0.15, -0.1) is 10.2 Å². The third-order valence-electron chi connectivity index (χ3n) is 3.49. The molecule has 2 aromatic heterocycles. The van der Waals surface area contributed by atoms with E-state index in [1.54, 1.807) is 11.8 Å². The number of methoxy groups -OCH3 is 1. The molecule has 0 aliphatic carbocycles. The molecule has 0 amide bonds. The average Bonchev–Trinajstić information content (AvgIpc) is 3.13. The molecule has 0 bridgehead atoms. The predicted molar refractivity (Wildman–Crippen MR) is 96.0 cm³/mol. The van der Waals surface area contributed by atoms with Crippen LogP contribution in [0.1, 0.15) is 11.4 Å². The Morgan fingerprint density at radius 1 is 1.12 bits per heavy atom. The average molecular weight is 360 g/mol. The van der Waals surface area contributed by atoms with Crippen molar-refractivity contribution in [1.82, 2.24) is 24.7 Å². The molecule has 0 radical (unpaired) electrons. The topological polar surface area (TPSA) is 93.0 Å². The van der Waals surface area contributed by atoms with Crippen LogP contribution in [-0.4, -0.2) is 44.1 Å². The zero-order chi connectivity index (χ0) is 17.8. The van der Waals surface area contributed by atoms with Crippen LogP contribution in [0.5, 0.6) is 11.5 Å². The molecule has 0 spiro atoms. The van der Waals surface area contributed by atoms with Crippen molar-refractivity contribution >= 4 is 11.8 Å². The molecule has 0 fully saturated rings. The fourth-order valence-corrected chi connectivity index (χ4v) is 2.98. The van der Waals surface area contributed by atoms with Crippen LogP contribution in [0.2, 0.25) is 0 Å². The Kier molecular flexibility index (Phi) is 5.13. The molecule has 3 aromatic rings. The van der Waals surface area contributed by atoms with E-state index in [9.17, 15) is 0 Å². The fourth-order valence-electron chi connectivity index (χ4n) is 2.31. The second-order valence-corrected chi connectivity index (χ2v) is 6.43. The summed E-state index contributed by atoms with van der Waals surface area (Å²) in [5.41, 5.74) is 1.86. The first-order valence-electron chi connectivity index (χ1n) is 7.72. The summed E-state index contributed by atoms with van der Waals surface area (Å²) in [4.78, 5) is 0. The number of nitrogens with zero attached hydrogens (tertiary/aromatic N) is 5. The van der Waals surface area contributed by atoms with Crippen molar-refractivity contribution in [2.75, 3.05) is 25.3 Å². The smallest absolute Gasteiger partial charge is 0.271 e. The van der Waals surface area contributed by atoms with Crippen LogP contribution in [0.4, 0.5) is 0 Å². The molecule has 0 unspecified atom stereocenters. The van der Waals surface area contributed by atoms with Crippen LogP contribution in [0, 0.1) is 13.8 Å². The van der Waals surface area contributed by atoms with Gasteiger partial charge in [0, 0.05) is 11.4 Å². The Morgan fingerprint density at radius 2 is 1.84 bits per heavy atom. The molecule has 0 saturated carbocycles. The highest BCUT2D eigenvalue weighted by Crippen LogP contribution is 2.19. The largest absolute Gasteiger partial charge is 0.497 e. The molecular weight excluding hydrogens is 340 g/mol. The number of aromatic nitrogens is 5. The van der Waals surface area contributed by atoms with Gasteiger partial charge in [0.1, 0.15) is 11.5 Å². The molecule has 132 valence electrons. The summed E-state index contributed by atoms with van der Waals surface area (Å²) in [6.07, 6.45) is 0. The van der Waals surface area contributed by atoms with E-state index in [2.05, 4.69) is 15.3 Å². The Bertz CT molecular complexity index is 843. The van der Waals surface area contributed by atoms with Gasteiger partial charge in [-0.25, -0.2) is 9.36 Å². The quantitative estimate of drug-likeness (QED) is 0.391. The van der Waals surface area contributed by atoms with E-state index >= 15 is 0 Å². The van der Waals surface area contributed by atoms with E-state index in [4.69, 9.17) is 15.3 Å². The van der Waals surface area contributed by atoms with Gasteiger partial charge in [0.2, 0.25) is 5.16 Å². The number of ether oxygens (including phenoxy) is 2. The van der Waals surface area contributed by atoms with Crippen LogP contribution >= 0.6 is 11.8 Å². The Morgan fingerprint density at radius 3 is 2.48 bits per heavy atom. The summed E-state index contributed by atoms with van der Waals surface area (Å²) < 4.78 is 13.9. The number of nitrogens with two attached hydrogens (primary N) is 1. The molecule has 2 N–H and O–H groups in total. The highest BCUT2D eigenvalue weighted by Gasteiger charge is 2.14. The van der Waals surface area contributed by atoms with Gasteiger partial charge < -0.3 is 15.3 Å². The third-order valence-corrected chi connectivity index (χ3v) is 4.40. The fraction of sp³-hybridized carbons (Fsp3) is 0.312. The summed E-state index contributed by atoms with van der Waals surface area (Å²) in [5.74, 6) is 8.87. The van der Waals surface area contributed by atoms with Gasteiger partial charge in [0.05, 0.1) is 19.4 Å². The standard InChI is InChI=1S/C16H20N6O2S/c1-11-10-12(2)22(20-11)15-18-19-16(21(15)17)25-9-8-24-14-6-4-13(23-3)5-7-14/h4-7,10H,8-9,17H2,1-3H3. The van der Waals surface area contributed by atoms with Crippen LogP contribution < -0.4 is 15.3 Å². The number of benzene rings is 1. The maximum Gasteiger partial charge on any atom is 0.271 e. The molecule has 0 atom stereocenters. The predicted octanol–water partition coefficient (Wildman–Crippen LogP) is 1.97. The van der Waals surface area contributed by atoms with Gasteiger partial charge in [0.15, 0.2) is 0 Å². The van der Waals surface area contributed by atoms with Crippen molar-refractivity contribution in [3.8, 4) is 17.4 Å². The number of aryl methyl sites for hydroxylation is 2. The van der Waals surface area contributed by atoms with Gasteiger partial charge in [-0.3, -0.25) is 0 Å². The Balaban J connectivity index is 1.56. The van der Waals surface area contributed by atoms with E-state index in [0.29, 0.717) is 23.5 Å². The number of thioether (sulfide) groups is 1. The first-order chi connectivity index (χ1) is 12.1. The van der Waals surface area contributed by atoms with Crippen molar-refractivity contribution in [1.29, 1.82) is 0 Å². The SMILES string of the molecule is COc1ccc(OCCSc2nnc(-n3nc(C)cc3C)n2N)cc1. The number of hydrogen-bond acceptors (Lipinski definition) is 7. The summed E-state index contributed by atoms with van der Waals surface area (Å²) in [5, 5.41) is 13.2. The van der Waals surface area contributed by atoms with Crippen molar-refractivity contribution in [3.63, 3.8) is 0 Å². The first-order valence-corrected chi connectivity index (χ1v) is 8.71. The van der Waals surface area contributed by atoms with E-state index < -0.39 is 0 Å². The molecule has 0 aliphatic heterocycles. The molecule has 0 aliphatic rings. The zero-order valence-electron chi connectivity index (χ0n) is 14.3. The Hall–Kier alpha value is -2.68. The number of rotatable bonds is 7. The van der Waals surface area contributed by atoms with Crippen molar-refractivity contribution in [2.45, 2.75) is 19.0 Å². The van der Waals surface area contributed by atoms with E-state index in [0.717, 1.165) is 22.9 Å². The summed E-state index contributed by atoms with van der Waals surface area (Å²) >= 11 is 1.48. The lowest BCUT2D eigenvalue weighted by Crippen LogP contribution is -2.17. The molecule has 1 aromatic carbocycles. The van der Waals surface area contributed by atoms with Crippen LogP contribution in [-0.2, 0) is 0 Å². The summed E-state index contributed by atoms with van der Waals surface area (Å²) in [6.45, 7) is 4.40. The summed E-state index contributed by atoms with van der Waals surface area (Å²) in [7, 11) is 1.63. The van der Waals surface area contributed by atoms with Gasteiger partial charge in [-0.2, -0.15) is 5.10 Å². The molecule has 0 saturated heterocycles. The van der Waals surface area contributed by atoms with Gasteiger partial charge in [0.25, 0.3) is 5.95 Å².